The zero-order valence-corrected chi connectivity index (χ0v) is 6.27. The Labute approximate surface area is 64.0 Å². The topological polar surface area (TPSA) is 57.8 Å². The van der Waals surface area contributed by atoms with E-state index >= 15 is 0 Å². The second-order valence-corrected chi connectivity index (χ2v) is 2.69. The van der Waals surface area contributed by atoms with E-state index in [4.69, 9.17) is 0 Å². The molecule has 4 heteroatoms. The molecule has 0 aromatic carbocycles. The number of carbonyl (C=O) groups is 1. The highest BCUT2D eigenvalue weighted by molar-refractivity contribution is 5.92. The van der Waals surface area contributed by atoms with E-state index in [1.807, 2.05) is 6.92 Å². The predicted molar refractivity (Wildman–Crippen MR) is 40.3 cm³/mol. The van der Waals surface area contributed by atoms with Gasteiger partial charge in [-0.15, -0.1) is 0 Å². The molecule has 0 unspecified atom stereocenters. The standard InChI is InChI=1S/C7H9N3O/c1-4-8-5-2-3-6(11)10-7(5)9-4/h2-3H2,1H3,(H,8,9)(H,10,11). The van der Waals surface area contributed by atoms with Gasteiger partial charge in [-0.05, 0) is 6.92 Å². The Morgan fingerprint density at radius 1 is 1.45 bits per heavy atom. The van der Waals surface area contributed by atoms with Crippen LogP contribution in [-0.2, 0) is 11.2 Å². The maximum Gasteiger partial charge on any atom is 0.225 e. The van der Waals surface area contributed by atoms with Crippen LogP contribution in [0.2, 0.25) is 0 Å². The summed E-state index contributed by atoms with van der Waals surface area (Å²) in [5, 5.41) is 2.72. The van der Waals surface area contributed by atoms with Crippen molar-refractivity contribution in [3.8, 4) is 0 Å². The van der Waals surface area contributed by atoms with Crippen molar-refractivity contribution in [3.05, 3.63) is 11.5 Å². The van der Waals surface area contributed by atoms with Gasteiger partial charge < -0.3 is 10.3 Å². The maximum atomic E-state index is 10.9. The number of amides is 1. The Bertz CT molecular complexity index is 303. The normalized spacial score (nSPS) is 15.9. The van der Waals surface area contributed by atoms with Crippen molar-refractivity contribution in [1.82, 2.24) is 9.97 Å². The lowest BCUT2D eigenvalue weighted by atomic mass is 10.2. The molecule has 0 spiro atoms. The van der Waals surface area contributed by atoms with Crippen LogP contribution in [0, 0.1) is 6.92 Å². The van der Waals surface area contributed by atoms with E-state index in [2.05, 4.69) is 15.3 Å². The summed E-state index contributed by atoms with van der Waals surface area (Å²) in [7, 11) is 0. The van der Waals surface area contributed by atoms with Crippen LogP contribution >= 0.6 is 0 Å². The number of aryl methyl sites for hydroxylation is 2. The van der Waals surface area contributed by atoms with E-state index in [1.165, 1.54) is 0 Å². The van der Waals surface area contributed by atoms with Crippen LogP contribution < -0.4 is 5.32 Å². The van der Waals surface area contributed by atoms with Gasteiger partial charge in [-0.1, -0.05) is 0 Å². The predicted octanol–water partition coefficient (Wildman–Crippen LogP) is 0.603. The molecule has 4 nitrogen and oxygen atoms in total. The van der Waals surface area contributed by atoms with E-state index in [0.717, 1.165) is 23.8 Å². The van der Waals surface area contributed by atoms with Crippen LogP contribution in [-0.4, -0.2) is 15.9 Å². The molecule has 0 fully saturated rings. The fourth-order valence-corrected chi connectivity index (χ4v) is 1.26. The van der Waals surface area contributed by atoms with Gasteiger partial charge >= 0.3 is 0 Å². The fraction of sp³-hybridized carbons (Fsp3) is 0.429. The van der Waals surface area contributed by atoms with E-state index in [1.54, 1.807) is 0 Å². The van der Waals surface area contributed by atoms with Gasteiger partial charge in [-0.3, -0.25) is 4.79 Å². The summed E-state index contributed by atoms with van der Waals surface area (Å²) in [5.74, 6) is 1.71. The average molecular weight is 151 g/mol. The van der Waals surface area contributed by atoms with Crippen molar-refractivity contribution >= 4 is 11.7 Å². The lowest BCUT2D eigenvalue weighted by Gasteiger charge is -2.09. The van der Waals surface area contributed by atoms with Crippen molar-refractivity contribution in [2.24, 2.45) is 0 Å². The molecule has 1 aliphatic rings. The van der Waals surface area contributed by atoms with Gasteiger partial charge in [-0.25, -0.2) is 4.98 Å². The number of imidazole rings is 1. The van der Waals surface area contributed by atoms with Crippen molar-refractivity contribution in [2.75, 3.05) is 5.32 Å². The monoisotopic (exact) mass is 151 g/mol. The highest BCUT2D eigenvalue weighted by Crippen LogP contribution is 2.18. The smallest absolute Gasteiger partial charge is 0.225 e. The zero-order chi connectivity index (χ0) is 7.84. The van der Waals surface area contributed by atoms with Crippen LogP contribution in [0.25, 0.3) is 0 Å². The lowest BCUT2D eigenvalue weighted by Crippen LogP contribution is -2.18. The molecule has 1 aromatic rings. The molecule has 1 amide bonds. The number of H-pyrrole nitrogens is 1. The zero-order valence-electron chi connectivity index (χ0n) is 6.27. The summed E-state index contributed by atoms with van der Waals surface area (Å²) >= 11 is 0. The Kier molecular flexibility index (Phi) is 1.21. The minimum atomic E-state index is 0.0705. The molecule has 2 heterocycles. The number of fused-ring (bicyclic) bond motifs is 1. The molecule has 1 aliphatic heterocycles. The van der Waals surface area contributed by atoms with Gasteiger partial charge in [0.1, 0.15) is 11.6 Å². The number of rotatable bonds is 0. The Morgan fingerprint density at radius 2 is 2.27 bits per heavy atom. The average Bonchev–Trinajstić information content (AvgIpc) is 2.27. The number of hydrogen-bond donors (Lipinski definition) is 2. The molecule has 0 atom stereocenters. The summed E-state index contributed by atoms with van der Waals surface area (Å²) < 4.78 is 0. The first-order chi connectivity index (χ1) is 5.25. The molecule has 0 aliphatic carbocycles. The Morgan fingerprint density at radius 3 is 3.09 bits per heavy atom. The first kappa shape index (κ1) is 6.39. The summed E-state index contributed by atoms with van der Waals surface area (Å²) in [6, 6.07) is 0. The molecule has 58 valence electrons. The van der Waals surface area contributed by atoms with Gasteiger partial charge in [0.25, 0.3) is 0 Å². The van der Waals surface area contributed by atoms with Gasteiger partial charge in [0, 0.05) is 12.8 Å². The first-order valence-corrected chi connectivity index (χ1v) is 3.61. The van der Waals surface area contributed by atoms with Crippen LogP contribution in [0.5, 0.6) is 0 Å². The largest absolute Gasteiger partial charge is 0.329 e. The Balaban J connectivity index is 2.41. The second kappa shape index (κ2) is 2.08. The minimum Gasteiger partial charge on any atom is -0.329 e. The third-order valence-corrected chi connectivity index (χ3v) is 1.75. The number of aromatic amines is 1. The molecule has 0 bridgehead atoms. The van der Waals surface area contributed by atoms with Crippen LogP contribution in [0.1, 0.15) is 17.9 Å². The highest BCUT2D eigenvalue weighted by Gasteiger charge is 2.17. The molecule has 0 radical (unpaired) electrons. The van der Waals surface area contributed by atoms with Gasteiger partial charge in [0.2, 0.25) is 5.91 Å². The summed E-state index contributed by atoms with van der Waals surface area (Å²) in [6.45, 7) is 1.88. The second-order valence-electron chi connectivity index (χ2n) is 2.69. The number of nitrogens with zero attached hydrogens (tertiary/aromatic N) is 1. The van der Waals surface area contributed by atoms with E-state index in [9.17, 15) is 4.79 Å². The van der Waals surface area contributed by atoms with Gasteiger partial charge in [0.05, 0.1) is 5.69 Å². The van der Waals surface area contributed by atoms with E-state index < -0.39 is 0 Å². The van der Waals surface area contributed by atoms with Crippen molar-refractivity contribution < 1.29 is 4.79 Å². The molecule has 2 rings (SSSR count). The molecular weight excluding hydrogens is 142 g/mol. The van der Waals surface area contributed by atoms with Gasteiger partial charge in [-0.2, -0.15) is 0 Å². The third-order valence-electron chi connectivity index (χ3n) is 1.75. The summed E-state index contributed by atoms with van der Waals surface area (Å²) in [4.78, 5) is 18.1. The number of nitrogens with one attached hydrogen (secondary N) is 2. The SMILES string of the molecule is Cc1nc2c([nH]1)NC(=O)CC2. The van der Waals surface area contributed by atoms with Crippen LogP contribution in [0.3, 0.4) is 0 Å². The fourth-order valence-electron chi connectivity index (χ4n) is 1.26. The van der Waals surface area contributed by atoms with Crippen molar-refractivity contribution in [3.63, 3.8) is 0 Å². The number of anilines is 1. The molecule has 0 saturated heterocycles. The van der Waals surface area contributed by atoms with E-state index in [0.29, 0.717) is 6.42 Å². The lowest BCUT2D eigenvalue weighted by molar-refractivity contribution is -0.116. The van der Waals surface area contributed by atoms with Crippen molar-refractivity contribution in [2.45, 2.75) is 19.8 Å². The van der Waals surface area contributed by atoms with E-state index in [-0.39, 0.29) is 5.91 Å². The number of aromatic nitrogens is 2. The molecule has 0 saturated carbocycles. The van der Waals surface area contributed by atoms with Crippen LogP contribution in [0.4, 0.5) is 5.82 Å². The minimum absolute atomic E-state index is 0.0705. The summed E-state index contributed by atoms with van der Waals surface area (Å²) in [5.41, 5.74) is 0.974. The third kappa shape index (κ3) is 1.00. The molecule has 2 N–H and O–H groups in total. The maximum absolute atomic E-state index is 10.9. The Hall–Kier alpha value is -1.32. The van der Waals surface area contributed by atoms with Crippen LogP contribution in [0.15, 0.2) is 0 Å². The quantitative estimate of drug-likeness (QED) is 0.570. The molecule has 1 aromatic heterocycles. The molecular formula is C7H9N3O. The number of carbonyl (C=O) groups excluding carboxylic acids is 1. The number of hydrogen-bond acceptors (Lipinski definition) is 2. The molecule has 11 heavy (non-hydrogen) atoms. The first-order valence-electron chi connectivity index (χ1n) is 3.61. The summed E-state index contributed by atoms with van der Waals surface area (Å²) in [6.07, 6.45) is 1.31. The highest BCUT2D eigenvalue weighted by atomic mass is 16.1. The van der Waals surface area contributed by atoms with Gasteiger partial charge in [0.15, 0.2) is 0 Å². The van der Waals surface area contributed by atoms with Crippen molar-refractivity contribution in [1.29, 1.82) is 0 Å².